The van der Waals surface area contributed by atoms with Gasteiger partial charge in [-0.15, -0.1) is 0 Å². The summed E-state index contributed by atoms with van der Waals surface area (Å²) >= 11 is 5.97. The van der Waals surface area contributed by atoms with Gasteiger partial charge < -0.3 is 15.5 Å². The molecule has 0 aliphatic carbocycles. The first-order chi connectivity index (χ1) is 12.1. The van der Waals surface area contributed by atoms with Gasteiger partial charge in [-0.25, -0.2) is 4.98 Å². The van der Waals surface area contributed by atoms with E-state index >= 15 is 0 Å². The van der Waals surface area contributed by atoms with Crippen molar-refractivity contribution >= 4 is 23.2 Å². The molecule has 0 saturated heterocycles. The number of carbonyl (C=O) groups is 1. The van der Waals surface area contributed by atoms with E-state index < -0.39 is 0 Å². The lowest BCUT2D eigenvalue weighted by Gasteiger charge is -2.16. The average molecular weight is 357 g/mol. The second-order valence-electron chi connectivity index (χ2n) is 6.03. The van der Waals surface area contributed by atoms with Gasteiger partial charge in [0.25, 0.3) is 0 Å². The van der Waals surface area contributed by atoms with E-state index in [9.17, 15) is 4.79 Å². The van der Waals surface area contributed by atoms with Crippen LogP contribution in [0.15, 0.2) is 54.9 Å². The monoisotopic (exact) mass is 356 g/mol. The number of nitrogens with one attached hydrogen (secondary N) is 1. The fourth-order valence-corrected chi connectivity index (χ4v) is 2.94. The van der Waals surface area contributed by atoms with Crippen molar-refractivity contribution in [3.63, 3.8) is 0 Å². The van der Waals surface area contributed by atoms with Crippen molar-refractivity contribution in [1.82, 2.24) is 14.7 Å². The minimum absolute atomic E-state index is 0.0125. The summed E-state index contributed by atoms with van der Waals surface area (Å²) in [5, 5.41) is 3.66. The standard InChI is InChI=1S/C19H21ClN4O/c20-15-6-8-18-22-16(13-24(18)12-15)7-9-19(25)23-17(11-21)10-14-4-2-1-3-5-14/h1-6,8,12-13,17H,7,9-11,21H2,(H,23,25). The van der Waals surface area contributed by atoms with Crippen LogP contribution >= 0.6 is 11.6 Å². The molecule has 130 valence electrons. The molecule has 5 nitrogen and oxygen atoms in total. The molecule has 0 aliphatic rings. The normalized spacial score (nSPS) is 12.2. The highest BCUT2D eigenvalue weighted by Gasteiger charge is 2.12. The minimum atomic E-state index is -0.0604. The molecular formula is C19H21ClN4O. The lowest BCUT2D eigenvalue weighted by molar-refractivity contribution is -0.121. The van der Waals surface area contributed by atoms with E-state index in [-0.39, 0.29) is 11.9 Å². The molecule has 3 rings (SSSR count). The third-order valence-electron chi connectivity index (χ3n) is 4.05. The van der Waals surface area contributed by atoms with Gasteiger partial charge in [-0.3, -0.25) is 4.79 Å². The number of aromatic nitrogens is 2. The molecule has 0 radical (unpaired) electrons. The van der Waals surface area contributed by atoms with Crippen molar-refractivity contribution in [2.45, 2.75) is 25.3 Å². The molecule has 0 fully saturated rings. The van der Waals surface area contributed by atoms with Gasteiger partial charge in [0.15, 0.2) is 0 Å². The third kappa shape index (κ3) is 4.81. The average Bonchev–Trinajstić information content (AvgIpc) is 3.02. The summed E-state index contributed by atoms with van der Waals surface area (Å²) in [5.74, 6) is -0.0125. The molecular weight excluding hydrogens is 336 g/mol. The molecule has 25 heavy (non-hydrogen) atoms. The summed E-state index contributed by atoms with van der Waals surface area (Å²) in [4.78, 5) is 16.7. The zero-order chi connectivity index (χ0) is 17.6. The predicted octanol–water partition coefficient (Wildman–Crippen LogP) is 2.61. The van der Waals surface area contributed by atoms with Gasteiger partial charge in [-0.05, 0) is 30.5 Å². The molecule has 3 N–H and O–H groups in total. The van der Waals surface area contributed by atoms with Gasteiger partial charge in [0, 0.05) is 31.4 Å². The third-order valence-corrected chi connectivity index (χ3v) is 4.27. The van der Waals surface area contributed by atoms with Crippen LogP contribution in [0.3, 0.4) is 0 Å². The number of pyridine rings is 1. The summed E-state index contributed by atoms with van der Waals surface area (Å²) in [6.07, 6.45) is 5.39. The minimum Gasteiger partial charge on any atom is -0.352 e. The fourth-order valence-electron chi connectivity index (χ4n) is 2.77. The molecule has 2 aromatic heterocycles. The maximum absolute atomic E-state index is 12.2. The van der Waals surface area contributed by atoms with E-state index in [1.807, 2.05) is 47.0 Å². The Hall–Kier alpha value is -2.37. The van der Waals surface area contributed by atoms with Crippen LogP contribution in [-0.2, 0) is 17.6 Å². The SMILES string of the molecule is NCC(Cc1ccccc1)NC(=O)CCc1cn2cc(Cl)ccc2n1. The number of nitrogens with two attached hydrogens (primary N) is 1. The highest BCUT2D eigenvalue weighted by Crippen LogP contribution is 2.12. The quantitative estimate of drug-likeness (QED) is 0.683. The zero-order valence-corrected chi connectivity index (χ0v) is 14.6. The highest BCUT2D eigenvalue weighted by atomic mass is 35.5. The van der Waals surface area contributed by atoms with E-state index in [0.717, 1.165) is 23.3 Å². The second-order valence-corrected chi connectivity index (χ2v) is 6.47. The number of benzene rings is 1. The number of carbonyl (C=O) groups excluding carboxylic acids is 1. The van der Waals surface area contributed by atoms with Gasteiger partial charge in [0.05, 0.1) is 10.7 Å². The number of hydrogen-bond donors (Lipinski definition) is 2. The Balaban J connectivity index is 1.54. The first-order valence-electron chi connectivity index (χ1n) is 8.30. The summed E-state index contributed by atoms with van der Waals surface area (Å²) in [6.45, 7) is 0.410. The molecule has 0 saturated carbocycles. The zero-order valence-electron chi connectivity index (χ0n) is 13.9. The smallest absolute Gasteiger partial charge is 0.220 e. The summed E-state index contributed by atoms with van der Waals surface area (Å²) < 4.78 is 1.87. The Morgan fingerprint density at radius 3 is 2.76 bits per heavy atom. The van der Waals surface area contributed by atoms with Crippen LogP contribution in [-0.4, -0.2) is 27.9 Å². The van der Waals surface area contributed by atoms with Crippen molar-refractivity contribution < 1.29 is 4.79 Å². The summed E-state index contributed by atoms with van der Waals surface area (Å²) in [7, 11) is 0. The lowest BCUT2D eigenvalue weighted by atomic mass is 10.1. The lowest BCUT2D eigenvalue weighted by Crippen LogP contribution is -2.41. The topological polar surface area (TPSA) is 72.4 Å². The van der Waals surface area contributed by atoms with Crippen LogP contribution in [0.25, 0.3) is 5.65 Å². The van der Waals surface area contributed by atoms with Gasteiger partial charge in [-0.2, -0.15) is 0 Å². The Kier molecular flexibility index (Phi) is 5.68. The van der Waals surface area contributed by atoms with Crippen molar-refractivity contribution in [2.75, 3.05) is 6.54 Å². The number of fused-ring (bicyclic) bond motifs is 1. The first kappa shape index (κ1) is 17.5. The van der Waals surface area contributed by atoms with Crippen LogP contribution < -0.4 is 11.1 Å². The van der Waals surface area contributed by atoms with E-state index in [1.54, 1.807) is 12.3 Å². The Morgan fingerprint density at radius 2 is 2.00 bits per heavy atom. The van der Waals surface area contributed by atoms with Gasteiger partial charge in [0.2, 0.25) is 5.91 Å². The molecule has 0 aliphatic heterocycles. The van der Waals surface area contributed by atoms with Crippen molar-refractivity contribution in [1.29, 1.82) is 0 Å². The second kappa shape index (κ2) is 8.14. The molecule has 1 aromatic carbocycles. The number of imidazole rings is 1. The molecule has 3 aromatic rings. The molecule has 2 heterocycles. The summed E-state index contributed by atoms with van der Waals surface area (Å²) in [5.41, 5.74) is 8.65. The highest BCUT2D eigenvalue weighted by molar-refractivity contribution is 6.30. The van der Waals surface area contributed by atoms with Crippen LogP contribution in [0, 0.1) is 0 Å². The van der Waals surface area contributed by atoms with E-state index in [4.69, 9.17) is 17.3 Å². The van der Waals surface area contributed by atoms with E-state index in [1.165, 1.54) is 0 Å². The number of nitrogens with zero attached hydrogens (tertiary/aromatic N) is 2. The molecule has 1 atom stereocenters. The summed E-state index contributed by atoms with van der Waals surface area (Å²) in [6, 6.07) is 13.6. The van der Waals surface area contributed by atoms with Crippen molar-refractivity contribution in [3.8, 4) is 0 Å². The van der Waals surface area contributed by atoms with Crippen LogP contribution in [0.1, 0.15) is 17.7 Å². The number of amides is 1. The van der Waals surface area contributed by atoms with Crippen molar-refractivity contribution in [3.05, 3.63) is 71.1 Å². The van der Waals surface area contributed by atoms with Crippen LogP contribution in [0.2, 0.25) is 5.02 Å². The number of aryl methyl sites for hydroxylation is 1. The Labute approximate surface area is 151 Å². The largest absolute Gasteiger partial charge is 0.352 e. The molecule has 0 bridgehead atoms. The molecule has 1 unspecified atom stereocenters. The fraction of sp³-hybridized carbons (Fsp3) is 0.263. The van der Waals surface area contributed by atoms with E-state index in [0.29, 0.717) is 24.4 Å². The van der Waals surface area contributed by atoms with Crippen molar-refractivity contribution in [2.24, 2.45) is 5.73 Å². The maximum Gasteiger partial charge on any atom is 0.220 e. The van der Waals surface area contributed by atoms with Gasteiger partial charge >= 0.3 is 0 Å². The van der Waals surface area contributed by atoms with Gasteiger partial charge in [-0.1, -0.05) is 41.9 Å². The number of halogens is 1. The maximum atomic E-state index is 12.2. The predicted molar refractivity (Wildman–Crippen MR) is 99.7 cm³/mol. The van der Waals surface area contributed by atoms with Crippen LogP contribution in [0.4, 0.5) is 0 Å². The number of rotatable bonds is 7. The Morgan fingerprint density at radius 1 is 1.20 bits per heavy atom. The molecule has 1 amide bonds. The van der Waals surface area contributed by atoms with Crippen LogP contribution in [0.5, 0.6) is 0 Å². The first-order valence-corrected chi connectivity index (χ1v) is 8.68. The number of hydrogen-bond acceptors (Lipinski definition) is 3. The Bertz CT molecular complexity index is 847. The van der Waals surface area contributed by atoms with Gasteiger partial charge in [0.1, 0.15) is 5.65 Å². The molecule has 6 heteroatoms. The molecule has 0 spiro atoms. The van der Waals surface area contributed by atoms with E-state index in [2.05, 4.69) is 10.3 Å².